The predicted octanol–water partition coefficient (Wildman–Crippen LogP) is 3.24. The fourth-order valence-corrected chi connectivity index (χ4v) is 5.87. The van der Waals surface area contributed by atoms with Crippen molar-refractivity contribution in [1.82, 2.24) is 14.6 Å². The second-order valence-electron chi connectivity index (χ2n) is 8.14. The van der Waals surface area contributed by atoms with Gasteiger partial charge in [0.05, 0.1) is 12.7 Å². The molecule has 1 saturated heterocycles. The van der Waals surface area contributed by atoms with E-state index in [0.717, 1.165) is 12.0 Å². The first-order valence-corrected chi connectivity index (χ1v) is 12.3. The lowest BCUT2D eigenvalue weighted by atomic mass is 9.74. The zero-order chi connectivity index (χ0) is 23.3. The SMILES string of the molecule is COc1ccccc1C(=O)NCC1(c2ccccc2)CCCN(S(=O)(=O)c2ccccn2)C1. The summed E-state index contributed by atoms with van der Waals surface area (Å²) in [6.07, 6.45) is 2.90. The molecule has 1 N–H and O–H groups in total. The number of para-hydroxylation sites is 1. The number of sulfonamides is 1. The van der Waals surface area contributed by atoms with E-state index in [-0.39, 0.29) is 17.5 Å². The molecule has 0 radical (unpaired) electrons. The number of rotatable bonds is 7. The van der Waals surface area contributed by atoms with Crippen molar-refractivity contribution in [3.05, 3.63) is 90.1 Å². The van der Waals surface area contributed by atoms with Gasteiger partial charge in [-0.25, -0.2) is 13.4 Å². The van der Waals surface area contributed by atoms with Crippen molar-refractivity contribution in [2.75, 3.05) is 26.7 Å². The Balaban J connectivity index is 1.63. The molecule has 2 heterocycles. The molecule has 8 heteroatoms. The summed E-state index contributed by atoms with van der Waals surface area (Å²) in [7, 11) is -2.23. The third-order valence-electron chi connectivity index (χ3n) is 6.11. The lowest BCUT2D eigenvalue weighted by Crippen LogP contribution is -2.53. The summed E-state index contributed by atoms with van der Waals surface area (Å²) in [5, 5.41) is 3.07. The number of benzene rings is 2. The average Bonchev–Trinajstić information content (AvgIpc) is 2.88. The predicted molar refractivity (Wildman–Crippen MR) is 126 cm³/mol. The quantitative estimate of drug-likeness (QED) is 0.579. The fourth-order valence-electron chi connectivity index (χ4n) is 4.38. The fraction of sp³-hybridized carbons (Fsp3) is 0.280. The maximum absolute atomic E-state index is 13.3. The highest BCUT2D eigenvalue weighted by molar-refractivity contribution is 7.89. The molecule has 172 valence electrons. The number of methoxy groups -OCH3 is 1. The first kappa shape index (κ1) is 22.9. The number of amides is 1. The van der Waals surface area contributed by atoms with Gasteiger partial charge < -0.3 is 10.1 Å². The molecule has 7 nitrogen and oxygen atoms in total. The number of piperidine rings is 1. The van der Waals surface area contributed by atoms with E-state index in [9.17, 15) is 13.2 Å². The van der Waals surface area contributed by atoms with Gasteiger partial charge in [-0.3, -0.25) is 4.79 Å². The van der Waals surface area contributed by atoms with Crippen LogP contribution in [-0.4, -0.2) is 50.4 Å². The van der Waals surface area contributed by atoms with Crippen LogP contribution in [0.3, 0.4) is 0 Å². The Hall–Kier alpha value is -3.23. The van der Waals surface area contributed by atoms with Gasteiger partial charge in [0.15, 0.2) is 5.03 Å². The number of hydrogen-bond donors (Lipinski definition) is 1. The number of pyridine rings is 1. The van der Waals surface area contributed by atoms with Crippen LogP contribution in [0.15, 0.2) is 84.0 Å². The zero-order valence-corrected chi connectivity index (χ0v) is 19.3. The highest BCUT2D eigenvalue weighted by Gasteiger charge is 2.42. The second-order valence-corrected chi connectivity index (χ2v) is 10.0. The molecule has 33 heavy (non-hydrogen) atoms. The van der Waals surface area contributed by atoms with Crippen LogP contribution < -0.4 is 10.1 Å². The van der Waals surface area contributed by atoms with E-state index < -0.39 is 15.4 Å². The summed E-state index contributed by atoms with van der Waals surface area (Å²) in [5.41, 5.74) is 0.863. The maximum atomic E-state index is 13.3. The van der Waals surface area contributed by atoms with Crippen LogP contribution >= 0.6 is 0 Å². The minimum atomic E-state index is -3.75. The van der Waals surface area contributed by atoms with Crippen molar-refractivity contribution in [2.45, 2.75) is 23.3 Å². The summed E-state index contributed by atoms with van der Waals surface area (Å²) in [6, 6.07) is 21.7. The van der Waals surface area contributed by atoms with Crippen molar-refractivity contribution in [2.24, 2.45) is 0 Å². The third kappa shape index (κ3) is 4.77. The van der Waals surface area contributed by atoms with E-state index in [4.69, 9.17) is 4.74 Å². The molecule has 3 aromatic rings. The van der Waals surface area contributed by atoms with E-state index in [1.807, 2.05) is 36.4 Å². The molecule has 1 unspecified atom stereocenters. The normalized spacial score (nSPS) is 19.1. The van der Waals surface area contributed by atoms with Crippen molar-refractivity contribution < 1.29 is 17.9 Å². The molecule has 4 rings (SSSR count). The van der Waals surface area contributed by atoms with Crippen LogP contribution in [0.1, 0.15) is 28.8 Å². The van der Waals surface area contributed by atoms with Crippen LogP contribution in [0.25, 0.3) is 0 Å². The van der Waals surface area contributed by atoms with E-state index in [1.54, 1.807) is 30.3 Å². The first-order valence-electron chi connectivity index (χ1n) is 10.8. The van der Waals surface area contributed by atoms with Crippen LogP contribution in [0.5, 0.6) is 5.75 Å². The average molecular weight is 466 g/mol. The van der Waals surface area contributed by atoms with Crippen LogP contribution in [0, 0.1) is 0 Å². The third-order valence-corrected chi connectivity index (χ3v) is 7.87. The molecular formula is C25H27N3O4S. The molecule has 0 aliphatic carbocycles. The lowest BCUT2D eigenvalue weighted by Gasteiger charge is -2.42. The molecule has 1 aliphatic heterocycles. The zero-order valence-electron chi connectivity index (χ0n) is 18.5. The number of ether oxygens (including phenoxy) is 1. The Labute approximate surface area is 194 Å². The Morgan fingerprint density at radius 2 is 1.79 bits per heavy atom. The largest absolute Gasteiger partial charge is 0.496 e. The van der Waals surface area contributed by atoms with Crippen molar-refractivity contribution in [3.8, 4) is 5.75 Å². The van der Waals surface area contributed by atoms with E-state index in [1.165, 1.54) is 23.7 Å². The summed E-state index contributed by atoms with van der Waals surface area (Å²) < 4.78 is 33.4. The van der Waals surface area contributed by atoms with Crippen molar-refractivity contribution in [1.29, 1.82) is 0 Å². The topological polar surface area (TPSA) is 88.6 Å². The highest BCUT2D eigenvalue weighted by atomic mass is 32.2. The van der Waals surface area contributed by atoms with Gasteiger partial charge in [-0.15, -0.1) is 0 Å². The van der Waals surface area contributed by atoms with Gasteiger partial charge in [-0.1, -0.05) is 48.5 Å². The second kappa shape index (κ2) is 9.72. The number of nitrogens with zero attached hydrogens (tertiary/aromatic N) is 2. The van der Waals surface area contributed by atoms with Crippen LogP contribution in [0.4, 0.5) is 0 Å². The Morgan fingerprint density at radius 3 is 2.52 bits per heavy atom. The van der Waals surface area contributed by atoms with Gasteiger partial charge in [0, 0.05) is 31.2 Å². The number of carbonyl (C=O) groups excluding carboxylic acids is 1. The van der Waals surface area contributed by atoms with Crippen LogP contribution in [0.2, 0.25) is 0 Å². The molecule has 1 aliphatic rings. The summed E-state index contributed by atoms with van der Waals surface area (Å²) in [4.78, 5) is 17.1. The molecule has 0 bridgehead atoms. The number of carbonyl (C=O) groups is 1. The first-order chi connectivity index (χ1) is 16.0. The van der Waals surface area contributed by atoms with E-state index in [0.29, 0.717) is 30.8 Å². The van der Waals surface area contributed by atoms with E-state index in [2.05, 4.69) is 10.3 Å². The van der Waals surface area contributed by atoms with Gasteiger partial charge in [0.2, 0.25) is 0 Å². The molecule has 0 saturated carbocycles. The minimum Gasteiger partial charge on any atom is -0.496 e. The minimum absolute atomic E-state index is 0.0342. The van der Waals surface area contributed by atoms with Crippen molar-refractivity contribution >= 4 is 15.9 Å². The standard InChI is InChI=1S/C25H27N3O4S/c1-32-22-13-6-5-12-21(22)24(29)27-18-25(20-10-3-2-4-11-20)15-9-17-28(19-25)33(30,31)23-14-7-8-16-26-23/h2-8,10-14,16H,9,15,17-19H2,1H3,(H,27,29). The van der Waals surface area contributed by atoms with E-state index >= 15 is 0 Å². The van der Waals surface area contributed by atoms with Gasteiger partial charge >= 0.3 is 0 Å². The summed E-state index contributed by atoms with van der Waals surface area (Å²) in [5.74, 6) is 0.235. The smallest absolute Gasteiger partial charge is 0.260 e. The van der Waals surface area contributed by atoms with Crippen molar-refractivity contribution in [3.63, 3.8) is 0 Å². The van der Waals surface area contributed by atoms with Gasteiger partial charge in [-0.05, 0) is 42.7 Å². The Morgan fingerprint density at radius 1 is 1.06 bits per heavy atom. The maximum Gasteiger partial charge on any atom is 0.260 e. The molecule has 1 fully saturated rings. The molecule has 1 amide bonds. The molecule has 1 aromatic heterocycles. The molecule has 1 atom stereocenters. The van der Waals surface area contributed by atoms with Gasteiger partial charge in [-0.2, -0.15) is 4.31 Å². The number of aromatic nitrogens is 1. The molecule has 0 spiro atoms. The summed E-state index contributed by atoms with van der Waals surface area (Å²) >= 11 is 0. The molecular weight excluding hydrogens is 438 g/mol. The number of nitrogens with one attached hydrogen (secondary N) is 1. The Bertz CT molecular complexity index is 1200. The monoisotopic (exact) mass is 465 g/mol. The number of hydrogen-bond acceptors (Lipinski definition) is 5. The van der Waals surface area contributed by atoms with Gasteiger partial charge in [0.1, 0.15) is 5.75 Å². The van der Waals surface area contributed by atoms with Gasteiger partial charge in [0.25, 0.3) is 15.9 Å². The molecule has 2 aromatic carbocycles. The highest BCUT2D eigenvalue weighted by Crippen LogP contribution is 2.36. The van der Waals surface area contributed by atoms with Crippen LogP contribution in [-0.2, 0) is 15.4 Å². The lowest BCUT2D eigenvalue weighted by molar-refractivity contribution is 0.0929. The summed E-state index contributed by atoms with van der Waals surface area (Å²) in [6.45, 7) is 0.957. The Kier molecular flexibility index (Phi) is 6.76.